The third kappa shape index (κ3) is 4.10. The van der Waals surface area contributed by atoms with E-state index in [1.807, 2.05) is 0 Å². The zero-order chi connectivity index (χ0) is 14.8. The van der Waals surface area contributed by atoms with Gasteiger partial charge in [0.25, 0.3) is 0 Å². The minimum absolute atomic E-state index is 0.357. The molecule has 2 saturated carbocycles. The first-order valence-electron chi connectivity index (χ1n) is 8.77. The summed E-state index contributed by atoms with van der Waals surface area (Å²) in [5.41, 5.74) is 0.980. The van der Waals surface area contributed by atoms with E-state index in [9.17, 15) is 0 Å². The molecule has 116 valence electrons. The molecule has 2 fully saturated rings. The van der Waals surface area contributed by atoms with Gasteiger partial charge in [-0.25, -0.2) is 0 Å². The van der Waals surface area contributed by atoms with Gasteiger partial charge in [0.15, 0.2) is 0 Å². The van der Waals surface area contributed by atoms with Crippen LogP contribution in [0.4, 0.5) is 0 Å². The van der Waals surface area contributed by atoms with Crippen LogP contribution in [0.1, 0.15) is 72.6 Å². The Morgan fingerprint density at radius 3 is 2.40 bits per heavy atom. The molecule has 1 N–H and O–H groups in total. The SMILES string of the molecule is CCC(C)(C)C=CCC(NC)C1(CC(C)C2CC2)CC1. The summed E-state index contributed by atoms with van der Waals surface area (Å²) >= 11 is 0. The maximum absolute atomic E-state index is 3.62. The molecule has 0 radical (unpaired) electrons. The Kier molecular flexibility index (Phi) is 5.00. The highest BCUT2D eigenvalue weighted by Gasteiger charge is 2.50. The van der Waals surface area contributed by atoms with E-state index in [1.54, 1.807) is 0 Å². The maximum Gasteiger partial charge on any atom is 0.0155 e. The Bertz CT molecular complexity index is 334. The molecule has 2 aliphatic carbocycles. The Hall–Kier alpha value is -0.300. The number of allylic oxidation sites excluding steroid dienone is 1. The van der Waals surface area contributed by atoms with Crippen LogP contribution in [0.2, 0.25) is 0 Å². The number of rotatable bonds is 9. The van der Waals surface area contributed by atoms with Crippen LogP contribution < -0.4 is 5.32 Å². The van der Waals surface area contributed by atoms with Crippen LogP contribution in [0.15, 0.2) is 12.2 Å². The molecule has 0 aliphatic heterocycles. The molecule has 0 bridgehead atoms. The Morgan fingerprint density at radius 1 is 1.30 bits per heavy atom. The third-order valence-electron chi connectivity index (χ3n) is 5.99. The second-order valence-corrected chi connectivity index (χ2v) is 8.20. The Balaban J connectivity index is 1.87. The monoisotopic (exact) mass is 277 g/mol. The summed E-state index contributed by atoms with van der Waals surface area (Å²) < 4.78 is 0. The lowest BCUT2D eigenvalue weighted by atomic mass is 9.82. The van der Waals surface area contributed by atoms with Crippen molar-refractivity contribution in [2.75, 3.05) is 7.05 Å². The van der Waals surface area contributed by atoms with Gasteiger partial charge in [0, 0.05) is 6.04 Å². The van der Waals surface area contributed by atoms with Crippen LogP contribution in [0.3, 0.4) is 0 Å². The standard InChI is InChI=1S/C19H35N/c1-6-18(3,4)11-7-8-17(20-5)19(12-13-19)14-15(2)16-9-10-16/h7,11,15-17,20H,6,8-10,12-14H2,1-5H3. The molecule has 2 aliphatic rings. The third-order valence-corrected chi connectivity index (χ3v) is 5.99. The van der Waals surface area contributed by atoms with Crippen molar-refractivity contribution < 1.29 is 0 Å². The van der Waals surface area contributed by atoms with E-state index < -0.39 is 0 Å². The molecular formula is C19H35N. The summed E-state index contributed by atoms with van der Waals surface area (Å²) in [5, 5.41) is 3.62. The number of hydrogen-bond acceptors (Lipinski definition) is 1. The highest BCUT2D eigenvalue weighted by molar-refractivity contribution is 5.07. The molecule has 0 spiro atoms. The molecule has 20 heavy (non-hydrogen) atoms. The number of nitrogens with one attached hydrogen (secondary N) is 1. The van der Waals surface area contributed by atoms with Crippen molar-refractivity contribution in [2.24, 2.45) is 22.7 Å². The molecule has 0 heterocycles. The molecule has 2 atom stereocenters. The van der Waals surface area contributed by atoms with Crippen LogP contribution in [-0.4, -0.2) is 13.1 Å². The summed E-state index contributed by atoms with van der Waals surface area (Å²) in [6.45, 7) is 9.43. The fraction of sp³-hybridized carbons (Fsp3) is 0.895. The van der Waals surface area contributed by atoms with E-state index in [1.165, 1.54) is 44.9 Å². The second kappa shape index (κ2) is 6.22. The molecule has 0 aromatic rings. The Labute approximate surface area is 126 Å². The van der Waals surface area contributed by atoms with Gasteiger partial charge in [0.2, 0.25) is 0 Å². The highest BCUT2D eigenvalue weighted by Crippen LogP contribution is 2.56. The molecular weight excluding hydrogens is 242 g/mol. The van der Waals surface area contributed by atoms with Crippen molar-refractivity contribution in [1.29, 1.82) is 0 Å². The average molecular weight is 277 g/mol. The fourth-order valence-electron chi connectivity index (χ4n) is 3.64. The lowest BCUT2D eigenvalue weighted by molar-refractivity contribution is 0.267. The normalized spacial score (nSPS) is 24.9. The largest absolute Gasteiger partial charge is 0.316 e. The van der Waals surface area contributed by atoms with Gasteiger partial charge in [0.1, 0.15) is 0 Å². The second-order valence-electron chi connectivity index (χ2n) is 8.20. The summed E-state index contributed by atoms with van der Waals surface area (Å²) in [5.74, 6) is 2.00. The lowest BCUT2D eigenvalue weighted by Gasteiger charge is -2.29. The highest BCUT2D eigenvalue weighted by atomic mass is 14.9. The Morgan fingerprint density at radius 2 is 1.95 bits per heavy atom. The molecule has 0 aromatic carbocycles. The topological polar surface area (TPSA) is 12.0 Å². The van der Waals surface area contributed by atoms with E-state index >= 15 is 0 Å². The van der Waals surface area contributed by atoms with E-state index in [4.69, 9.17) is 0 Å². The van der Waals surface area contributed by atoms with Gasteiger partial charge in [-0.2, -0.15) is 0 Å². The van der Waals surface area contributed by atoms with Gasteiger partial charge in [-0.05, 0) is 74.7 Å². The molecule has 1 nitrogen and oxygen atoms in total. The molecule has 0 saturated heterocycles. The molecule has 2 unspecified atom stereocenters. The van der Waals surface area contributed by atoms with Gasteiger partial charge >= 0.3 is 0 Å². The predicted molar refractivity (Wildman–Crippen MR) is 88.8 cm³/mol. The van der Waals surface area contributed by atoms with Crippen LogP contribution in [-0.2, 0) is 0 Å². The van der Waals surface area contributed by atoms with Crippen LogP contribution in [0.25, 0.3) is 0 Å². The molecule has 0 amide bonds. The van der Waals surface area contributed by atoms with E-state index in [0.29, 0.717) is 16.9 Å². The van der Waals surface area contributed by atoms with Crippen molar-refractivity contribution in [3.63, 3.8) is 0 Å². The molecule has 2 rings (SSSR count). The van der Waals surface area contributed by atoms with Gasteiger partial charge in [-0.1, -0.05) is 39.8 Å². The van der Waals surface area contributed by atoms with E-state index in [-0.39, 0.29) is 0 Å². The van der Waals surface area contributed by atoms with Crippen LogP contribution >= 0.6 is 0 Å². The van der Waals surface area contributed by atoms with E-state index in [0.717, 1.165) is 11.8 Å². The quantitative estimate of drug-likeness (QED) is 0.573. The fourth-order valence-corrected chi connectivity index (χ4v) is 3.64. The molecule has 1 heteroatoms. The summed E-state index contributed by atoms with van der Waals surface area (Å²) in [6, 6.07) is 0.688. The number of hydrogen-bond donors (Lipinski definition) is 1. The molecule has 0 aromatic heterocycles. The summed E-state index contributed by atoms with van der Waals surface area (Å²) in [7, 11) is 2.16. The van der Waals surface area contributed by atoms with Crippen molar-refractivity contribution in [1.82, 2.24) is 5.32 Å². The first kappa shape index (κ1) is 16.1. The first-order chi connectivity index (χ1) is 9.42. The minimum atomic E-state index is 0.357. The van der Waals surface area contributed by atoms with Gasteiger partial charge in [0.05, 0.1) is 0 Å². The zero-order valence-electron chi connectivity index (χ0n) is 14.3. The van der Waals surface area contributed by atoms with Gasteiger partial charge < -0.3 is 5.32 Å². The van der Waals surface area contributed by atoms with E-state index in [2.05, 4.69) is 52.2 Å². The van der Waals surface area contributed by atoms with Gasteiger partial charge in [-0.15, -0.1) is 0 Å². The first-order valence-corrected chi connectivity index (χ1v) is 8.77. The zero-order valence-corrected chi connectivity index (χ0v) is 14.3. The van der Waals surface area contributed by atoms with Crippen molar-refractivity contribution in [3.8, 4) is 0 Å². The van der Waals surface area contributed by atoms with Crippen LogP contribution in [0, 0.1) is 22.7 Å². The average Bonchev–Trinajstić information content (AvgIpc) is 3.27. The summed E-state index contributed by atoms with van der Waals surface area (Å²) in [6.07, 6.45) is 14.6. The van der Waals surface area contributed by atoms with Crippen molar-refractivity contribution in [3.05, 3.63) is 12.2 Å². The lowest BCUT2D eigenvalue weighted by Crippen LogP contribution is -2.36. The van der Waals surface area contributed by atoms with Crippen molar-refractivity contribution >= 4 is 0 Å². The predicted octanol–water partition coefficient (Wildman–Crippen LogP) is 5.17. The van der Waals surface area contributed by atoms with Gasteiger partial charge in [-0.3, -0.25) is 0 Å². The summed E-state index contributed by atoms with van der Waals surface area (Å²) in [4.78, 5) is 0. The maximum atomic E-state index is 3.62. The van der Waals surface area contributed by atoms with Crippen LogP contribution in [0.5, 0.6) is 0 Å². The minimum Gasteiger partial charge on any atom is -0.316 e. The van der Waals surface area contributed by atoms with Crippen molar-refractivity contribution in [2.45, 2.75) is 78.7 Å². The smallest absolute Gasteiger partial charge is 0.0155 e.